The molecule has 1 saturated heterocycles. The Balaban J connectivity index is 2.24. The summed E-state index contributed by atoms with van der Waals surface area (Å²) in [6.07, 6.45) is 6.64. The minimum Gasteiger partial charge on any atom is -0.480 e. The molecule has 106 valence electrons. The Morgan fingerprint density at radius 1 is 1.58 bits per heavy atom. The summed E-state index contributed by atoms with van der Waals surface area (Å²) in [6, 6.07) is 0.0849. The van der Waals surface area contributed by atoms with Crippen LogP contribution in [0.5, 0.6) is 0 Å². The number of carboxylic acid groups (broad SMARTS) is 1. The second kappa shape index (κ2) is 5.33. The van der Waals surface area contributed by atoms with Crippen molar-refractivity contribution in [3.8, 4) is 0 Å². The SMILES string of the molecule is CCn1cc(C(C)N2CCCCC2(C)C(=O)O)cn1. The third kappa shape index (κ3) is 2.52. The fourth-order valence-electron chi connectivity index (χ4n) is 2.94. The number of likely N-dealkylation sites (tertiary alicyclic amines) is 1. The highest BCUT2D eigenvalue weighted by Gasteiger charge is 2.43. The first kappa shape index (κ1) is 14.1. The molecule has 0 saturated carbocycles. The number of aryl methyl sites for hydroxylation is 1. The summed E-state index contributed by atoms with van der Waals surface area (Å²) in [4.78, 5) is 13.7. The lowest BCUT2D eigenvalue weighted by atomic mass is 9.86. The fraction of sp³-hybridized carbons (Fsp3) is 0.714. The molecule has 0 amide bonds. The van der Waals surface area contributed by atoms with Gasteiger partial charge in [-0.05, 0) is 46.6 Å². The molecule has 0 aromatic carbocycles. The van der Waals surface area contributed by atoms with E-state index in [4.69, 9.17) is 0 Å². The molecule has 1 aliphatic heterocycles. The van der Waals surface area contributed by atoms with Crippen LogP contribution in [0, 0.1) is 0 Å². The van der Waals surface area contributed by atoms with E-state index >= 15 is 0 Å². The van der Waals surface area contributed by atoms with Gasteiger partial charge in [0, 0.05) is 24.3 Å². The maximum Gasteiger partial charge on any atom is 0.323 e. The molecule has 2 rings (SSSR count). The van der Waals surface area contributed by atoms with Crippen LogP contribution >= 0.6 is 0 Å². The first-order valence-electron chi connectivity index (χ1n) is 7.01. The van der Waals surface area contributed by atoms with Crippen LogP contribution in [0.15, 0.2) is 12.4 Å². The van der Waals surface area contributed by atoms with Crippen molar-refractivity contribution in [2.24, 2.45) is 0 Å². The number of rotatable bonds is 4. The molecule has 0 bridgehead atoms. The van der Waals surface area contributed by atoms with Gasteiger partial charge in [-0.15, -0.1) is 0 Å². The number of hydrogen-bond donors (Lipinski definition) is 1. The van der Waals surface area contributed by atoms with Crippen LogP contribution < -0.4 is 0 Å². The van der Waals surface area contributed by atoms with Crippen molar-refractivity contribution in [3.05, 3.63) is 18.0 Å². The molecule has 2 atom stereocenters. The molecule has 1 aromatic rings. The van der Waals surface area contributed by atoms with Crippen LogP contribution in [-0.4, -0.2) is 37.8 Å². The zero-order valence-corrected chi connectivity index (χ0v) is 12.0. The van der Waals surface area contributed by atoms with E-state index in [1.54, 1.807) is 0 Å². The third-order valence-electron chi connectivity index (χ3n) is 4.33. The summed E-state index contributed by atoms with van der Waals surface area (Å²) in [6.45, 7) is 7.63. The summed E-state index contributed by atoms with van der Waals surface area (Å²) in [5.74, 6) is -0.720. The van der Waals surface area contributed by atoms with E-state index in [0.29, 0.717) is 6.42 Å². The topological polar surface area (TPSA) is 58.4 Å². The van der Waals surface area contributed by atoms with Gasteiger partial charge in [0.25, 0.3) is 0 Å². The number of carboxylic acids is 1. The lowest BCUT2D eigenvalue weighted by Gasteiger charge is -2.44. The van der Waals surface area contributed by atoms with Crippen molar-refractivity contribution in [2.75, 3.05) is 6.54 Å². The van der Waals surface area contributed by atoms with Crippen LogP contribution in [0.4, 0.5) is 0 Å². The molecule has 0 aliphatic carbocycles. The Hall–Kier alpha value is -1.36. The van der Waals surface area contributed by atoms with Gasteiger partial charge in [0.1, 0.15) is 5.54 Å². The lowest BCUT2D eigenvalue weighted by molar-refractivity contribution is -0.155. The highest BCUT2D eigenvalue weighted by atomic mass is 16.4. The molecule has 5 nitrogen and oxygen atoms in total. The van der Waals surface area contributed by atoms with Gasteiger partial charge in [-0.1, -0.05) is 0 Å². The van der Waals surface area contributed by atoms with Gasteiger partial charge in [0.2, 0.25) is 0 Å². The van der Waals surface area contributed by atoms with Gasteiger partial charge < -0.3 is 5.11 Å². The van der Waals surface area contributed by atoms with Crippen LogP contribution in [0.25, 0.3) is 0 Å². The predicted octanol–water partition coefficient (Wildman–Crippen LogP) is 2.29. The van der Waals surface area contributed by atoms with E-state index in [1.165, 1.54) is 0 Å². The van der Waals surface area contributed by atoms with Gasteiger partial charge in [-0.2, -0.15) is 5.10 Å². The molecule has 19 heavy (non-hydrogen) atoms. The highest BCUT2D eigenvalue weighted by molar-refractivity contribution is 5.78. The zero-order chi connectivity index (χ0) is 14.0. The summed E-state index contributed by atoms with van der Waals surface area (Å²) < 4.78 is 1.88. The predicted molar refractivity (Wildman–Crippen MR) is 72.9 cm³/mol. The molecule has 5 heteroatoms. The first-order chi connectivity index (χ1) is 8.99. The Morgan fingerprint density at radius 2 is 2.32 bits per heavy atom. The number of piperidine rings is 1. The summed E-state index contributed by atoms with van der Waals surface area (Å²) in [7, 11) is 0. The third-order valence-corrected chi connectivity index (χ3v) is 4.33. The van der Waals surface area contributed by atoms with Crippen molar-refractivity contribution in [1.82, 2.24) is 14.7 Å². The Bertz CT molecular complexity index is 457. The van der Waals surface area contributed by atoms with E-state index in [-0.39, 0.29) is 6.04 Å². The van der Waals surface area contributed by atoms with Gasteiger partial charge in [0.15, 0.2) is 0 Å². The van der Waals surface area contributed by atoms with E-state index in [1.807, 2.05) is 30.9 Å². The smallest absolute Gasteiger partial charge is 0.323 e. The zero-order valence-electron chi connectivity index (χ0n) is 12.0. The van der Waals surface area contributed by atoms with Crippen LogP contribution in [-0.2, 0) is 11.3 Å². The van der Waals surface area contributed by atoms with E-state index in [2.05, 4.69) is 16.9 Å². The molecule has 1 N–H and O–H groups in total. The number of carbonyl (C=O) groups is 1. The second-order valence-electron chi connectivity index (χ2n) is 5.53. The number of aliphatic carboxylic acids is 1. The second-order valence-corrected chi connectivity index (χ2v) is 5.53. The molecule has 0 spiro atoms. The maximum atomic E-state index is 11.6. The molecule has 1 aromatic heterocycles. The number of aromatic nitrogens is 2. The average molecular weight is 265 g/mol. The maximum absolute atomic E-state index is 11.6. The molecular weight excluding hydrogens is 242 g/mol. The minimum absolute atomic E-state index is 0.0849. The summed E-state index contributed by atoms with van der Waals surface area (Å²) in [5.41, 5.74) is 0.336. The quantitative estimate of drug-likeness (QED) is 0.907. The molecule has 2 unspecified atom stereocenters. The Morgan fingerprint density at radius 3 is 2.89 bits per heavy atom. The fourth-order valence-corrected chi connectivity index (χ4v) is 2.94. The Kier molecular flexibility index (Phi) is 3.94. The Labute approximate surface area is 114 Å². The van der Waals surface area contributed by atoms with Gasteiger partial charge in [-0.25, -0.2) is 0 Å². The highest BCUT2D eigenvalue weighted by Crippen LogP contribution is 2.35. The molecule has 1 fully saturated rings. The standard InChI is InChI=1S/C14H23N3O2/c1-4-16-10-12(9-15-16)11(2)17-8-6-5-7-14(17,3)13(18)19/h9-11H,4-8H2,1-3H3,(H,18,19). The monoisotopic (exact) mass is 265 g/mol. The van der Waals surface area contributed by atoms with E-state index in [9.17, 15) is 9.90 Å². The van der Waals surface area contributed by atoms with E-state index in [0.717, 1.165) is 31.5 Å². The largest absolute Gasteiger partial charge is 0.480 e. The van der Waals surface area contributed by atoms with Gasteiger partial charge >= 0.3 is 5.97 Å². The number of nitrogens with zero attached hydrogens (tertiary/aromatic N) is 3. The summed E-state index contributed by atoms with van der Waals surface area (Å²) in [5, 5.41) is 13.8. The number of hydrogen-bond acceptors (Lipinski definition) is 3. The van der Waals surface area contributed by atoms with E-state index < -0.39 is 11.5 Å². The van der Waals surface area contributed by atoms with Crippen molar-refractivity contribution in [3.63, 3.8) is 0 Å². The van der Waals surface area contributed by atoms with Crippen molar-refractivity contribution in [2.45, 2.75) is 58.2 Å². The molecular formula is C14H23N3O2. The summed E-state index contributed by atoms with van der Waals surface area (Å²) >= 11 is 0. The van der Waals surface area contributed by atoms with Crippen molar-refractivity contribution in [1.29, 1.82) is 0 Å². The lowest BCUT2D eigenvalue weighted by Crippen LogP contribution is -2.55. The average Bonchev–Trinajstić information content (AvgIpc) is 2.87. The van der Waals surface area contributed by atoms with Crippen LogP contribution in [0.2, 0.25) is 0 Å². The first-order valence-corrected chi connectivity index (χ1v) is 7.01. The molecule has 0 radical (unpaired) electrons. The molecule has 2 heterocycles. The van der Waals surface area contributed by atoms with Crippen LogP contribution in [0.3, 0.4) is 0 Å². The minimum atomic E-state index is -0.758. The van der Waals surface area contributed by atoms with Gasteiger partial charge in [-0.3, -0.25) is 14.4 Å². The normalized spacial score (nSPS) is 26.3. The van der Waals surface area contributed by atoms with Crippen molar-refractivity contribution >= 4 is 5.97 Å². The molecule has 1 aliphatic rings. The van der Waals surface area contributed by atoms with Crippen molar-refractivity contribution < 1.29 is 9.90 Å². The van der Waals surface area contributed by atoms with Gasteiger partial charge in [0.05, 0.1) is 6.20 Å². The van der Waals surface area contributed by atoms with Crippen LogP contribution in [0.1, 0.15) is 51.6 Å².